The zero-order valence-corrected chi connectivity index (χ0v) is 19.4. The molecule has 0 unspecified atom stereocenters. The van der Waals surface area contributed by atoms with Crippen molar-refractivity contribution in [1.29, 1.82) is 0 Å². The summed E-state index contributed by atoms with van der Waals surface area (Å²) in [5, 5.41) is 4.56. The van der Waals surface area contributed by atoms with Gasteiger partial charge in [-0.3, -0.25) is 4.68 Å². The second-order valence-electron chi connectivity index (χ2n) is 9.53. The molecule has 0 bridgehead atoms. The summed E-state index contributed by atoms with van der Waals surface area (Å²) in [5.41, 5.74) is -1.13. The van der Waals surface area contributed by atoms with Crippen LogP contribution in [0.5, 0.6) is 0 Å². The van der Waals surface area contributed by atoms with Crippen LogP contribution in [0, 0.1) is 5.92 Å². The van der Waals surface area contributed by atoms with E-state index in [2.05, 4.69) is 15.1 Å². The van der Waals surface area contributed by atoms with Crippen molar-refractivity contribution in [3.63, 3.8) is 0 Å². The van der Waals surface area contributed by atoms with E-state index in [4.69, 9.17) is 21.1 Å². The molecule has 0 N–H and O–H groups in total. The molecule has 0 aliphatic heterocycles. The van der Waals surface area contributed by atoms with E-state index < -0.39 is 23.4 Å². The molecule has 1 aliphatic rings. The van der Waals surface area contributed by atoms with E-state index in [1.165, 1.54) is 25.1 Å². The van der Waals surface area contributed by atoms with E-state index in [0.29, 0.717) is 11.5 Å². The molecule has 0 radical (unpaired) electrons. The second-order valence-corrected chi connectivity index (χ2v) is 9.89. The van der Waals surface area contributed by atoms with E-state index in [1.807, 2.05) is 0 Å². The van der Waals surface area contributed by atoms with Crippen molar-refractivity contribution < 1.29 is 19.1 Å². The number of nitrogens with zero attached hydrogens (tertiary/aromatic N) is 5. The molecule has 10 heteroatoms. The highest BCUT2D eigenvalue weighted by molar-refractivity contribution is 6.31. The van der Waals surface area contributed by atoms with Crippen LogP contribution in [0.3, 0.4) is 0 Å². The van der Waals surface area contributed by atoms with Gasteiger partial charge in [0.05, 0.1) is 5.56 Å². The van der Waals surface area contributed by atoms with E-state index in [0.717, 1.165) is 11.4 Å². The molecule has 2 heterocycles. The van der Waals surface area contributed by atoms with Gasteiger partial charge in [-0.2, -0.15) is 10.00 Å². The van der Waals surface area contributed by atoms with E-state index >= 15 is 0 Å². The van der Waals surface area contributed by atoms with Crippen LogP contribution in [0.4, 0.5) is 15.4 Å². The summed E-state index contributed by atoms with van der Waals surface area (Å²) >= 11 is 6.31. The van der Waals surface area contributed by atoms with Gasteiger partial charge in [0.2, 0.25) is 0 Å². The Balaban J connectivity index is 1.95. The number of anilines is 1. The molecule has 31 heavy (non-hydrogen) atoms. The molecule has 0 aromatic carbocycles. The summed E-state index contributed by atoms with van der Waals surface area (Å²) in [5.74, 6) is 0.868. The first-order valence-electron chi connectivity index (χ1n) is 10.1. The first kappa shape index (κ1) is 23.0. The molecule has 1 fully saturated rings. The molecular weight excluding hydrogens is 422 g/mol. The van der Waals surface area contributed by atoms with Gasteiger partial charge in [0.1, 0.15) is 11.2 Å². The standard InChI is InChI=1S/C21H28ClN5O4/c1-20(2,3)30-18(28)27(19(29)31-21(4,5)6)15-9-10-23-17(24-15)14-12-26(25-16(14)22)11-13-7-8-13/h9-10,12-13H,7-8,11H2,1-6H3. The van der Waals surface area contributed by atoms with Gasteiger partial charge in [-0.25, -0.2) is 19.6 Å². The van der Waals surface area contributed by atoms with Gasteiger partial charge in [0, 0.05) is 25.0 Å². The Bertz CT molecular complexity index is 945. The number of halogens is 1. The lowest BCUT2D eigenvalue weighted by atomic mass is 10.2. The topological polar surface area (TPSA) is 99.4 Å². The summed E-state index contributed by atoms with van der Waals surface area (Å²) in [6.07, 6.45) is 3.77. The Kier molecular flexibility index (Phi) is 6.27. The summed E-state index contributed by atoms with van der Waals surface area (Å²) in [4.78, 5) is 35.1. The predicted molar refractivity (Wildman–Crippen MR) is 116 cm³/mol. The number of rotatable bonds is 4. The summed E-state index contributed by atoms with van der Waals surface area (Å²) in [6.45, 7) is 11.0. The van der Waals surface area contributed by atoms with Gasteiger partial charge < -0.3 is 9.47 Å². The number of hydrogen-bond donors (Lipinski definition) is 0. The molecule has 0 atom stereocenters. The fourth-order valence-corrected chi connectivity index (χ4v) is 2.92. The Morgan fingerprint density at radius 1 is 1.13 bits per heavy atom. The monoisotopic (exact) mass is 449 g/mol. The van der Waals surface area contributed by atoms with Crippen molar-refractivity contribution in [3.8, 4) is 11.4 Å². The van der Waals surface area contributed by atoms with Gasteiger partial charge in [0.25, 0.3) is 0 Å². The highest BCUT2D eigenvalue weighted by Crippen LogP contribution is 2.32. The number of carbonyl (C=O) groups is 2. The molecule has 9 nitrogen and oxygen atoms in total. The lowest BCUT2D eigenvalue weighted by Crippen LogP contribution is -2.44. The van der Waals surface area contributed by atoms with Gasteiger partial charge in [-0.05, 0) is 60.3 Å². The maximum Gasteiger partial charge on any atom is 0.425 e. The summed E-state index contributed by atoms with van der Waals surface area (Å²) in [7, 11) is 0. The fraction of sp³-hybridized carbons (Fsp3) is 0.571. The molecule has 1 saturated carbocycles. The Hall–Kier alpha value is -2.68. The Labute approximate surface area is 186 Å². The molecule has 2 aromatic heterocycles. The maximum atomic E-state index is 12.8. The molecule has 2 amide bonds. The lowest BCUT2D eigenvalue weighted by molar-refractivity contribution is 0.0429. The third-order valence-corrected chi connectivity index (χ3v) is 4.40. The molecule has 168 valence electrons. The molecule has 1 aliphatic carbocycles. The third-order valence-electron chi connectivity index (χ3n) is 4.12. The number of carbonyl (C=O) groups excluding carboxylic acids is 2. The van der Waals surface area contributed by atoms with Gasteiger partial charge in [-0.1, -0.05) is 11.6 Å². The van der Waals surface area contributed by atoms with E-state index in [1.54, 1.807) is 52.4 Å². The first-order chi connectivity index (χ1) is 14.3. The minimum atomic E-state index is -0.901. The zero-order valence-electron chi connectivity index (χ0n) is 18.7. The first-order valence-corrected chi connectivity index (χ1v) is 10.5. The van der Waals surface area contributed by atoms with Crippen LogP contribution < -0.4 is 4.90 Å². The van der Waals surface area contributed by atoms with Crippen molar-refractivity contribution in [2.75, 3.05) is 4.90 Å². The van der Waals surface area contributed by atoms with Crippen LogP contribution in [0.2, 0.25) is 5.15 Å². The van der Waals surface area contributed by atoms with Crippen molar-refractivity contribution >= 4 is 29.6 Å². The molecular formula is C21H28ClN5O4. The number of hydrogen-bond acceptors (Lipinski definition) is 7. The lowest BCUT2D eigenvalue weighted by Gasteiger charge is -2.28. The second kappa shape index (κ2) is 8.45. The molecule has 2 aromatic rings. The van der Waals surface area contributed by atoms with Crippen molar-refractivity contribution in [2.24, 2.45) is 5.92 Å². The highest BCUT2D eigenvalue weighted by Gasteiger charge is 2.34. The molecule has 0 spiro atoms. The zero-order chi connectivity index (χ0) is 23.0. The number of amides is 2. The number of ether oxygens (including phenoxy) is 2. The third kappa shape index (κ3) is 6.40. The predicted octanol–water partition coefficient (Wildman–Crippen LogP) is 5.08. The minimum Gasteiger partial charge on any atom is -0.443 e. The largest absolute Gasteiger partial charge is 0.443 e. The Morgan fingerprint density at radius 3 is 2.23 bits per heavy atom. The van der Waals surface area contributed by atoms with Crippen LogP contribution in [0.15, 0.2) is 18.5 Å². The normalized spacial score (nSPS) is 14.3. The minimum absolute atomic E-state index is 0.0134. The van der Waals surface area contributed by atoms with Crippen LogP contribution in [-0.4, -0.2) is 43.1 Å². The van der Waals surface area contributed by atoms with Crippen molar-refractivity contribution in [1.82, 2.24) is 19.7 Å². The molecule has 0 saturated heterocycles. The van der Waals surface area contributed by atoms with Gasteiger partial charge in [-0.15, -0.1) is 0 Å². The van der Waals surface area contributed by atoms with Crippen LogP contribution in [0.1, 0.15) is 54.4 Å². The van der Waals surface area contributed by atoms with Crippen molar-refractivity contribution in [2.45, 2.75) is 72.1 Å². The van der Waals surface area contributed by atoms with Gasteiger partial charge in [0.15, 0.2) is 16.8 Å². The summed E-state index contributed by atoms with van der Waals surface area (Å²) in [6, 6.07) is 1.43. The fourth-order valence-electron chi connectivity index (χ4n) is 2.69. The average molecular weight is 450 g/mol. The van der Waals surface area contributed by atoms with Crippen LogP contribution in [-0.2, 0) is 16.0 Å². The van der Waals surface area contributed by atoms with E-state index in [9.17, 15) is 9.59 Å². The van der Waals surface area contributed by atoms with Crippen LogP contribution in [0.25, 0.3) is 11.4 Å². The molecule has 3 rings (SSSR count). The number of imide groups is 1. The SMILES string of the molecule is CC(C)(C)OC(=O)N(C(=O)OC(C)(C)C)c1ccnc(-c2cn(CC3CC3)nc2Cl)n1. The van der Waals surface area contributed by atoms with Gasteiger partial charge >= 0.3 is 12.2 Å². The maximum absolute atomic E-state index is 12.8. The summed E-state index contributed by atoms with van der Waals surface area (Å²) < 4.78 is 12.6. The van der Waals surface area contributed by atoms with E-state index in [-0.39, 0.29) is 16.8 Å². The van der Waals surface area contributed by atoms with Crippen LogP contribution >= 0.6 is 11.6 Å². The highest BCUT2D eigenvalue weighted by atomic mass is 35.5. The number of aromatic nitrogens is 4. The Morgan fingerprint density at radius 2 is 1.71 bits per heavy atom. The quantitative estimate of drug-likeness (QED) is 0.641. The smallest absolute Gasteiger partial charge is 0.425 e. The van der Waals surface area contributed by atoms with Crippen molar-refractivity contribution in [3.05, 3.63) is 23.6 Å². The average Bonchev–Trinajstić information content (AvgIpc) is 3.32.